The first-order chi connectivity index (χ1) is 11.5. The standard InChI is InChI=1S/C18H19N3O3/c1-10-5-14(13-4-3-12(24-2)7-15(13)19-10)18(23)21-8-11-6-17(22)20-16(11)9-21/h3-5,7,11,16H,6,8-9H2,1-2H3,(H,20,22)/t11-,16+/m0/s1. The number of hydrogen-bond donors (Lipinski definition) is 1. The highest BCUT2D eigenvalue weighted by molar-refractivity contribution is 6.06. The van der Waals surface area contributed by atoms with Gasteiger partial charge >= 0.3 is 0 Å². The lowest BCUT2D eigenvalue weighted by molar-refractivity contribution is -0.119. The van der Waals surface area contributed by atoms with E-state index in [0.717, 1.165) is 22.3 Å². The lowest BCUT2D eigenvalue weighted by atomic mass is 10.1. The Kier molecular flexibility index (Phi) is 3.40. The molecule has 2 aliphatic rings. The molecule has 0 unspecified atom stereocenters. The second-order valence-corrected chi connectivity index (χ2v) is 6.54. The van der Waals surface area contributed by atoms with Gasteiger partial charge in [0.25, 0.3) is 5.91 Å². The van der Waals surface area contributed by atoms with E-state index in [0.29, 0.717) is 25.1 Å². The first-order valence-electron chi connectivity index (χ1n) is 8.09. The van der Waals surface area contributed by atoms with Crippen molar-refractivity contribution >= 4 is 22.7 Å². The highest BCUT2D eigenvalue weighted by Crippen LogP contribution is 2.29. The molecule has 6 heteroatoms. The van der Waals surface area contributed by atoms with Gasteiger partial charge in [-0.15, -0.1) is 0 Å². The molecule has 124 valence electrons. The van der Waals surface area contributed by atoms with Crippen LogP contribution in [0.3, 0.4) is 0 Å². The fraction of sp³-hybridized carbons (Fsp3) is 0.389. The Bertz CT molecular complexity index is 833. The van der Waals surface area contributed by atoms with E-state index >= 15 is 0 Å². The van der Waals surface area contributed by atoms with Crippen LogP contribution in [0.5, 0.6) is 5.75 Å². The summed E-state index contributed by atoms with van der Waals surface area (Å²) in [7, 11) is 1.61. The number of hydrogen-bond acceptors (Lipinski definition) is 4. The molecule has 2 atom stereocenters. The molecule has 0 spiro atoms. The molecular formula is C18H19N3O3. The maximum Gasteiger partial charge on any atom is 0.254 e. The summed E-state index contributed by atoms with van der Waals surface area (Å²) in [4.78, 5) is 30.8. The summed E-state index contributed by atoms with van der Waals surface area (Å²) in [5, 5.41) is 3.78. The molecule has 1 aromatic carbocycles. The summed E-state index contributed by atoms with van der Waals surface area (Å²) in [6, 6.07) is 7.50. The van der Waals surface area contributed by atoms with Crippen LogP contribution in [0.4, 0.5) is 0 Å². The molecule has 0 bridgehead atoms. The van der Waals surface area contributed by atoms with Crippen LogP contribution in [-0.4, -0.2) is 47.9 Å². The van der Waals surface area contributed by atoms with Crippen LogP contribution in [-0.2, 0) is 4.79 Å². The van der Waals surface area contributed by atoms with Gasteiger partial charge in [0.15, 0.2) is 0 Å². The fourth-order valence-electron chi connectivity index (χ4n) is 3.73. The average molecular weight is 325 g/mol. The number of ether oxygens (including phenoxy) is 1. The third-order valence-corrected chi connectivity index (χ3v) is 4.90. The van der Waals surface area contributed by atoms with Crippen molar-refractivity contribution in [2.45, 2.75) is 19.4 Å². The van der Waals surface area contributed by atoms with Crippen molar-refractivity contribution in [1.82, 2.24) is 15.2 Å². The molecule has 0 aliphatic carbocycles. The van der Waals surface area contributed by atoms with Crippen LogP contribution in [0.1, 0.15) is 22.5 Å². The van der Waals surface area contributed by atoms with Crippen LogP contribution >= 0.6 is 0 Å². The Balaban J connectivity index is 1.69. The topological polar surface area (TPSA) is 71.5 Å². The van der Waals surface area contributed by atoms with Crippen molar-refractivity contribution in [1.29, 1.82) is 0 Å². The first-order valence-corrected chi connectivity index (χ1v) is 8.09. The van der Waals surface area contributed by atoms with Gasteiger partial charge in [-0.25, -0.2) is 0 Å². The predicted octanol–water partition coefficient (Wildman–Crippen LogP) is 1.51. The van der Waals surface area contributed by atoms with E-state index < -0.39 is 0 Å². The number of benzene rings is 1. The minimum Gasteiger partial charge on any atom is -0.497 e. The van der Waals surface area contributed by atoms with Gasteiger partial charge in [-0.1, -0.05) is 0 Å². The molecule has 0 saturated carbocycles. The fourth-order valence-corrected chi connectivity index (χ4v) is 3.73. The van der Waals surface area contributed by atoms with E-state index in [1.54, 1.807) is 7.11 Å². The van der Waals surface area contributed by atoms with Gasteiger partial charge in [-0.05, 0) is 25.1 Å². The van der Waals surface area contributed by atoms with Crippen LogP contribution in [0.15, 0.2) is 24.3 Å². The van der Waals surface area contributed by atoms with Gasteiger partial charge in [0, 0.05) is 42.6 Å². The number of fused-ring (bicyclic) bond motifs is 2. The van der Waals surface area contributed by atoms with Crippen molar-refractivity contribution in [3.8, 4) is 5.75 Å². The van der Waals surface area contributed by atoms with Crippen LogP contribution < -0.4 is 10.1 Å². The number of nitrogens with zero attached hydrogens (tertiary/aromatic N) is 2. The molecule has 6 nitrogen and oxygen atoms in total. The zero-order chi connectivity index (χ0) is 16.8. The number of carbonyl (C=O) groups excluding carboxylic acids is 2. The van der Waals surface area contributed by atoms with Gasteiger partial charge in [-0.2, -0.15) is 0 Å². The quantitative estimate of drug-likeness (QED) is 0.908. The molecule has 0 radical (unpaired) electrons. The van der Waals surface area contributed by atoms with Crippen molar-refractivity contribution in [3.63, 3.8) is 0 Å². The second-order valence-electron chi connectivity index (χ2n) is 6.54. The Morgan fingerprint density at radius 2 is 2.17 bits per heavy atom. The average Bonchev–Trinajstić information content (AvgIpc) is 3.09. The van der Waals surface area contributed by atoms with E-state index in [9.17, 15) is 9.59 Å². The van der Waals surface area contributed by atoms with Crippen LogP contribution in [0, 0.1) is 12.8 Å². The summed E-state index contributed by atoms with van der Waals surface area (Å²) in [6.07, 6.45) is 0.516. The molecular weight excluding hydrogens is 306 g/mol. The zero-order valence-corrected chi connectivity index (χ0v) is 13.7. The lowest BCUT2D eigenvalue weighted by Crippen LogP contribution is -2.35. The third kappa shape index (κ3) is 2.38. The van der Waals surface area contributed by atoms with E-state index in [4.69, 9.17) is 4.74 Å². The van der Waals surface area contributed by atoms with E-state index in [-0.39, 0.29) is 23.8 Å². The molecule has 1 aromatic heterocycles. The van der Waals surface area contributed by atoms with Crippen molar-refractivity contribution in [2.75, 3.05) is 20.2 Å². The number of carbonyl (C=O) groups is 2. The minimum atomic E-state index is -0.000634. The Hall–Kier alpha value is -2.63. The molecule has 2 saturated heterocycles. The number of nitrogens with one attached hydrogen (secondary N) is 1. The summed E-state index contributed by atoms with van der Waals surface area (Å²) >= 11 is 0. The van der Waals surface area contributed by atoms with Gasteiger partial charge in [0.2, 0.25) is 5.91 Å². The summed E-state index contributed by atoms with van der Waals surface area (Å²) < 4.78 is 5.25. The Morgan fingerprint density at radius 1 is 1.33 bits per heavy atom. The molecule has 2 fully saturated rings. The molecule has 24 heavy (non-hydrogen) atoms. The van der Waals surface area contributed by atoms with E-state index in [2.05, 4.69) is 10.3 Å². The van der Waals surface area contributed by atoms with Crippen molar-refractivity contribution < 1.29 is 14.3 Å². The van der Waals surface area contributed by atoms with Crippen molar-refractivity contribution in [3.05, 3.63) is 35.5 Å². The highest BCUT2D eigenvalue weighted by atomic mass is 16.5. The van der Waals surface area contributed by atoms with Crippen molar-refractivity contribution in [2.24, 2.45) is 5.92 Å². The zero-order valence-electron chi connectivity index (χ0n) is 13.7. The number of aryl methyl sites for hydroxylation is 1. The summed E-state index contributed by atoms with van der Waals surface area (Å²) in [5.74, 6) is 1.04. The minimum absolute atomic E-state index is 0.000634. The monoisotopic (exact) mass is 325 g/mol. The molecule has 1 N–H and O–H groups in total. The maximum absolute atomic E-state index is 13.0. The van der Waals surface area contributed by atoms with Gasteiger partial charge < -0.3 is 15.0 Å². The Labute approximate surface area is 139 Å². The number of aromatic nitrogens is 1. The van der Waals surface area contributed by atoms with Gasteiger partial charge in [0.1, 0.15) is 5.75 Å². The van der Waals surface area contributed by atoms with Crippen LogP contribution in [0.25, 0.3) is 10.9 Å². The molecule has 2 aliphatic heterocycles. The summed E-state index contributed by atoms with van der Waals surface area (Å²) in [6.45, 7) is 3.09. The van der Waals surface area contributed by atoms with Gasteiger partial charge in [-0.3, -0.25) is 14.6 Å². The predicted molar refractivity (Wildman–Crippen MR) is 89.0 cm³/mol. The number of likely N-dealkylation sites (tertiary alicyclic amines) is 1. The summed E-state index contributed by atoms with van der Waals surface area (Å²) in [5.41, 5.74) is 2.21. The molecule has 2 amide bonds. The lowest BCUT2D eigenvalue weighted by Gasteiger charge is -2.19. The second kappa shape index (κ2) is 5.47. The number of pyridine rings is 1. The largest absolute Gasteiger partial charge is 0.497 e. The number of amides is 2. The normalized spacial score (nSPS) is 22.6. The smallest absolute Gasteiger partial charge is 0.254 e. The molecule has 2 aromatic rings. The highest BCUT2D eigenvalue weighted by Gasteiger charge is 2.41. The van der Waals surface area contributed by atoms with E-state index in [1.807, 2.05) is 36.1 Å². The number of methoxy groups -OCH3 is 1. The first kappa shape index (κ1) is 14.9. The molecule has 3 heterocycles. The molecule has 4 rings (SSSR count). The Morgan fingerprint density at radius 3 is 2.92 bits per heavy atom. The number of rotatable bonds is 2. The van der Waals surface area contributed by atoms with E-state index in [1.165, 1.54) is 0 Å². The maximum atomic E-state index is 13.0. The third-order valence-electron chi connectivity index (χ3n) is 4.90. The SMILES string of the molecule is COc1ccc2c(C(=O)N3C[C@@H]4CC(=O)N[C@@H]4C3)cc(C)nc2c1. The van der Waals surface area contributed by atoms with Crippen LogP contribution in [0.2, 0.25) is 0 Å². The van der Waals surface area contributed by atoms with Gasteiger partial charge in [0.05, 0.1) is 24.2 Å².